The van der Waals surface area contributed by atoms with Gasteiger partial charge in [0.15, 0.2) is 5.17 Å². The van der Waals surface area contributed by atoms with Gasteiger partial charge in [0.1, 0.15) is 5.75 Å². The molecule has 48 heavy (non-hydrogen) atoms. The van der Waals surface area contributed by atoms with Crippen LogP contribution in [-0.4, -0.2) is 27.1 Å². The zero-order valence-corrected chi connectivity index (χ0v) is 27.5. The fraction of sp³-hybridized carbons (Fsp3) is 0.0952. The minimum atomic E-state index is -0.0512. The third-order valence-electron chi connectivity index (χ3n) is 8.15. The molecule has 5 nitrogen and oxygen atoms in total. The summed E-state index contributed by atoms with van der Waals surface area (Å²) >= 11 is 1.44. The molecule has 1 aliphatic rings. The van der Waals surface area contributed by atoms with Crippen LogP contribution in [0.15, 0.2) is 162 Å². The lowest BCUT2D eigenvalue weighted by atomic mass is 10.1. The highest BCUT2D eigenvalue weighted by molar-refractivity contribution is 8.18. The van der Waals surface area contributed by atoms with Crippen LogP contribution in [0.25, 0.3) is 34.3 Å². The molecule has 0 aliphatic carbocycles. The summed E-state index contributed by atoms with van der Waals surface area (Å²) in [5.74, 6) is 0.775. The second-order valence-electron chi connectivity index (χ2n) is 11.4. The van der Waals surface area contributed by atoms with E-state index in [1.807, 2.05) is 85.8 Å². The fourth-order valence-electron chi connectivity index (χ4n) is 5.89. The number of hydrogen-bond donors (Lipinski definition) is 0. The van der Waals surface area contributed by atoms with Crippen molar-refractivity contribution in [3.63, 3.8) is 0 Å². The molecular formula is C42H35N3O2S. The molecule has 6 heteroatoms. The van der Waals surface area contributed by atoms with Crippen molar-refractivity contribution in [3.05, 3.63) is 173 Å². The summed E-state index contributed by atoms with van der Waals surface area (Å²) in [6.45, 7) is 3.54. The maximum atomic E-state index is 14.2. The van der Waals surface area contributed by atoms with Gasteiger partial charge in [0, 0.05) is 11.3 Å². The van der Waals surface area contributed by atoms with Crippen molar-refractivity contribution < 1.29 is 9.53 Å². The van der Waals surface area contributed by atoms with Crippen LogP contribution in [-0.2, 0) is 17.9 Å². The summed E-state index contributed by atoms with van der Waals surface area (Å²) < 4.78 is 8.05. The molecule has 6 aromatic rings. The SMILES string of the molecule is CCOc1ccc(-n2c(-c3ccccc3)cc(/C=C3/SC(=NCc4ccccc4)N(Cc4ccccc4)C3=O)c2-c2ccccc2)cc1. The van der Waals surface area contributed by atoms with Gasteiger partial charge in [0.2, 0.25) is 0 Å². The molecule has 0 unspecified atom stereocenters. The predicted octanol–water partition coefficient (Wildman–Crippen LogP) is 9.88. The average Bonchev–Trinajstić information content (AvgIpc) is 3.66. The average molecular weight is 646 g/mol. The van der Waals surface area contributed by atoms with E-state index in [4.69, 9.17) is 9.73 Å². The highest BCUT2D eigenvalue weighted by Crippen LogP contribution is 2.40. The zero-order valence-electron chi connectivity index (χ0n) is 26.7. The standard InChI is InChI=1S/C42H35N3O2S/c1-2-47-37-25-23-36(24-26-37)45-38(33-19-11-5-12-20-33)27-35(40(45)34-21-13-6-14-22-34)28-39-41(46)44(30-32-17-9-4-10-18-32)42(48-39)43-29-31-15-7-3-8-16-31/h3-28H,2,29-30H2,1H3/b39-28+,43-42?. The molecule has 2 heterocycles. The summed E-state index contributed by atoms with van der Waals surface area (Å²) in [5, 5.41) is 0.703. The molecule has 236 valence electrons. The molecule has 1 saturated heterocycles. The minimum Gasteiger partial charge on any atom is -0.494 e. The van der Waals surface area contributed by atoms with Crippen molar-refractivity contribution in [2.24, 2.45) is 4.99 Å². The third kappa shape index (κ3) is 6.75. The fourth-order valence-corrected chi connectivity index (χ4v) is 6.86. The minimum absolute atomic E-state index is 0.0512. The van der Waals surface area contributed by atoms with Gasteiger partial charge in [-0.3, -0.25) is 14.7 Å². The Labute approximate surface area is 285 Å². The molecule has 5 aromatic carbocycles. The first-order valence-corrected chi connectivity index (χ1v) is 16.9. The molecule has 1 aromatic heterocycles. The van der Waals surface area contributed by atoms with Crippen LogP contribution in [0.5, 0.6) is 5.75 Å². The largest absolute Gasteiger partial charge is 0.494 e. The van der Waals surface area contributed by atoms with E-state index < -0.39 is 0 Å². The van der Waals surface area contributed by atoms with Crippen LogP contribution in [0.1, 0.15) is 23.6 Å². The van der Waals surface area contributed by atoms with Gasteiger partial charge in [-0.15, -0.1) is 0 Å². The van der Waals surface area contributed by atoms with Crippen LogP contribution in [0, 0.1) is 0 Å². The van der Waals surface area contributed by atoms with Crippen molar-refractivity contribution in [1.82, 2.24) is 9.47 Å². The number of benzene rings is 5. The highest BCUT2D eigenvalue weighted by atomic mass is 32.2. The number of aliphatic imine (C=N–C) groups is 1. The van der Waals surface area contributed by atoms with E-state index in [1.165, 1.54) is 11.8 Å². The van der Waals surface area contributed by atoms with Crippen molar-refractivity contribution in [1.29, 1.82) is 0 Å². The quantitative estimate of drug-likeness (QED) is 0.139. The maximum Gasteiger partial charge on any atom is 0.267 e. The van der Waals surface area contributed by atoms with Crippen LogP contribution in [0.2, 0.25) is 0 Å². The number of amidine groups is 1. The van der Waals surface area contributed by atoms with Gasteiger partial charge < -0.3 is 9.30 Å². The molecule has 7 rings (SSSR count). The van der Waals surface area contributed by atoms with Gasteiger partial charge in [-0.05, 0) is 77.3 Å². The number of amides is 1. The second-order valence-corrected chi connectivity index (χ2v) is 12.4. The molecule has 0 spiro atoms. The van der Waals surface area contributed by atoms with Crippen molar-refractivity contribution in [2.45, 2.75) is 20.0 Å². The Morgan fingerprint density at radius 2 is 1.29 bits per heavy atom. The second kappa shape index (κ2) is 14.4. The Hall–Kier alpha value is -5.59. The molecular weight excluding hydrogens is 611 g/mol. The smallest absolute Gasteiger partial charge is 0.267 e. The third-order valence-corrected chi connectivity index (χ3v) is 9.20. The lowest BCUT2D eigenvalue weighted by Crippen LogP contribution is -2.28. The molecule has 0 N–H and O–H groups in total. The number of nitrogens with zero attached hydrogens (tertiary/aromatic N) is 3. The van der Waals surface area contributed by atoms with Gasteiger partial charge in [-0.1, -0.05) is 121 Å². The number of hydrogen-bond acceptors (Lipinski definition) is 4. The lowest BCUT2D eigenvalue weighted by Gasteiger charge is -2.16. The van der Waals surface area contributed by atoms with E-state index >= 15 is 0 Å². The Kier molecular flexibility index (Phi) is 9.34. The molecule has 0 radical (unpaired) electrons. The van der Waals surface area contributed by atoms with E-state index in [9.17, 15) is 4.79 Å². The first kappa shape index (κ1) is 31.0. The van der Waals surface area contributed by atoms with Gasteiger partial charge in [0.05, 0.1) is 36.0 Å². The van der Waals surface area contributed by atoms with E-state index in [0.717, 1.165) is 50.6 Å². The highest BCUT2D eigenvalue weighted by Gasteiger charge is 2.34. The Morgan fingerprint density at radius 3 is 1.92 bits per heavy atom. The number of carbonyl (C=O) groups excluding carboxylic acids is 1. The van der Waals surface area contributed by atoms with E-state index in [2.05, 4.69) is 83.4 Å². The predicted molar refractivity (Wildman–Crippen MR) is 198 cm³/mol. The normalized spacial score (nSPS) is 14.6. The lowest BCUT2D eigenvalue weighted by molar-refractivity contribution is -0.122. The number of rotatable bonds is 10. The van der Waals surface area contributed by atoms with Crippen LogP contribution < -0.4 is 4.74 Å². The Balaban J connectivity index is 1.37. The van der Waals surface area contributed by atoms with Gasteiger partial charge in [-0.25, -0.2) is 0 Å². The number of thioether (sulfide) groups is 1. The summed E-state index contributed by atoms with van der Waals surface area (Å²) in [5.41, 5.74) is 8.27. The van der Waals surface area contributed by atoms with E-state index in [1.54, 1.807) is 4.90 Å². The topological polar surface area (TPSA) is 46.8 Å². The molecule has 1 fully saturated rings. The molecule has 0 saturated carbocycles. The number of carbonyl (C=O) groups is 1. The van der Waals surface area contributed by atoms with Crippen molar-refractivity contribution >= 4 is 28.9 Å². The van der Waals surface area contributed by atoms with Crippen molar-refractivity contribution in [2.75, 3.05) is 6.61 Å². The van der Waals surface area contributed by atoms with E-state index in [0.29, 0.717) is 29.8 Å². The van der Waals surface area contributed by atoms with Crippen LogP contribution in [0.3, 0.4) is 0 Å². The Bertz CT molecular complexity index is 2050. The number of aromatic nitrogens is 1. The van der Waals surface area contributed by atoms with Crippen LogP contribution >= 0.6 is 11.8 Å². The monoisotopic (exact) mass is 645 g/mol. The molecule has 0 bridgehead atoms. The Morgan fingerprint density at radius 1 is 0.708 bits per heavy atom. The summed E-state index contributed by atoms with van der Waals surface area (Å²) in [6.07, 6.45) is 2.04. The first-order valence-electron chi connectivity index (χ1n) is 16.1. The van der Waals surface area contributed by atoms with Crippen molar-refractivity contribution in [3.8, 4) is 34.0 Å². The number of ether oxygens (including phenoxy) is 1. The summed E-state index contributed by atoms with van der Waals surface area (Å²) in [6, 6.07) is 51.4. The summed E-state index contributed by atoms with van der Waals surface area (Å²) in [4.78, 5) is 21.7. The molecule has 1 amide bonds. The van der Waals surface area contributed by atoms with Gasteiger partial charge >= 0.3 is 0 Å². The molecule has 0 atom stereocenters. The first-order chi connectivity index (χ1) is 23.7. The zero-order chi connectivity index (χ0) is 32.7. The van der Waals surface area contributed by atoms with E-state index in [-0.39, 0.29) is 5.91 Å². The maximum absolute atomic E-state index is 14.2. The molecule has 1 aliphatic heterocycles. The van der Waals surface area contributed by atoms with Gasteiger partial charge in [0.25, 0.3) is 5.91 Å². The summed E-state index contributed by atoms with van der Waals surface area (Å²) in [7, 11) is 0. The van der Waals surface area contributed by atoms with Gasteiger partial charge in [-0.2, -0.15) is 0 Å². The van der Waals surface area contributed by atoms with Crippen LogP contribution in [0.4, 0.5) is 0 Å².